The van der Waals surface area contributed by atoms with Crippen molar-refractivity contribution in [1.29, 1.82) is 0 Å². The normalized spacial score (nSPS) is 11.4. The van der Waals surface area contributed by atoms with Crippen LogP contribution in [0.5, 0.6) is 0 Å². The Labute approximate surface area is 150 Å². The molecule has 0 spiro atoms. The summed E-state index contributed by atoms with van der Waals surface area (Å²) in [6.07, 6.45) is 2.11. The first-order chi connectivity index (χ1) is 11.8. The van der Waals surface area contributed by atoms with Crippen LogP contribution in [0.2, 0.25) is 12.1 Å². The van der Waals surface area contributed by atoms with Gasteiger partial charge in [-0.1, -0.05) is 91.0 Å². The standard InChI is InChI=1S/C22H23ClSi/c23-24(22-14-8-3-9-15-22,18-16-20-10-4-1-5-11-20)19-17-21-12-6-2-7-13-21/h1-15H,16-19H2. The molecule has 122 valence electrons. The first kappa shape index (κ1) is 17.0. The molecule has 0 radical (unpaired) electrons. The SMILES string of the molecule is Cl[Si](CCc1ccccc1)(CCc1ccccc1)c1ccccc1. The van der Waals surface area contributed by atoms with Crippen LogP contribution >= 0.6 is 11.1 Å². The lowest BCUT2D eigenvalue weighted by atomic mass is 10.2. The summed E-state index contributed by atoms with van der Waals surface area (Å²) in [6, 6.07) is 34.3. The van der Waals surface area contributed by atoms with E-state index in [0.717, 1.165) is 24.9 Å². The lowest BCUT2D eigenvalue weighted by molar-refractivity contribution is 1.05. The third-order valence-electron chi connectivity index (χ3n) is 4.60. The van der Waals surface area contributed by atoms with E-state index in [1.165, 1.54) is 16.3 Å². The summed E-state index contributed by atoms with van der Waals surface area (Å²) in [5.41, 5.74) is 2.76. The highest BCUT2D eigenvalue weighted by molar-refractivity contribution is 7.27. The van der Waals surface area contributed by atoms with E-state index < -0.39 is 7.38 Å². The second-order valence-corrected chi connectivity index (χ2v) is 12.0. The van der Waals surface area contributed by atoms with Crippen LogP contribution in [0.25, 0.3) is 0 Å². The molecule has 0 aromatic heterocycles. The van der Waals surface area contributed by atoms with E-state index in [2.05, 4.69) is 91.0 Å². The van der Waals surface area contributed by atoms with E-state index in [1.54, 1.807) is 0 Å². The van der Waals surface area contributed by atoms with Gasteiger partial charge in [0.15, 0.2) is 7.38 Å². The zero-order valence-corrected chi connectivity index (χ0v) is 15.6. The summed E-state index contributed by atoms with van der Waals surface area (Å²) in [6.45, 7) is 0. The minimum absolute atomic E-state index is 1.06. The molecule has 0 aliphatic rings. The Hall–Kier alpha value is -1.83. The molecule has 0 saturated heterocycles. The quantitative estimate of drug-likeness (QED) is 0.386. The van der Waals surface area contributed by atoms with Gasteiger partial charge in [0, 0.05) is 0 Å². The number of rotatable bonds is 7. The minimum Gasteiger partial charge on any atom is -0.161 e. The van der Waals surface area contributed by atoms with E-state index in [1.807, 2.05) is 0 Å². The monoisotopic (exact) mass is 350 g/mol. The van der Waals surface area contributed by atoms with E-state index >= 15 is 0 Å². The molecule has 3 rings (SSSR count). The van der Waals surface area contributed by atoms with Crippen LogP contribution in [0.15, 0.2) is 91.0 Å². The highest BCUT2D eigenvalue weighted by Crippen LogP contribution is 2.25. The zero-order chi connectivity index (χ0) is 16.7. The van der Waals surface area contributed by atoms with Gasteiger partial charge in [0.05, 0.1) is 0 Å². The molecule has 3 aromatic rings. The molecule has 0 N–H and O–H groups in total. The molecule has 0 saturated carbocycles. The molecule has 3 aromatic carbocycles. The van der Waals surface area contributed by atoms with Gasteiger partial charge in [-0.3, -0.25) is 0 Å². The molecule has 2 heteroatoms. The Balaban J connectivity index is 1.75. The number of benzene rings is 3. The van der Waals surface area contributed by atoms with Crippen molar-refractivity contribution in [3.8, 4) is 0 Å². The maximum atomic E-state index is 7.30. The zero-order valence-electron chi connectivity index (χ0n) is 13.9. The average Bonchev–Trinajstić information content (AvgIpc) is 2.67. The van der Waals surface area contributed by atoms with Crippen LogP contribution in [0.1, 0.15) is 11.1 Å². The molecular weight excluding hydrogens is 328 g/mol. The van der Waals surface area contributed by atoms with E-state index in [-0.39, 0.29) is 0 Å². The Morgan fingerprint density at radius 2 is 0.917 bits per heavy atom. The third kappa shape index (κ3) is 4.59. The van der Waals surface area contributed by atoms with E-state index in [4.69, 9.17) is 11.1 Å². The summed E-state index contributed by atoms with van der Waals surface area (Å²) < 4.78 is 0. The Morgan fingerprint density at radius 1 is 0.542 bits per heavy atom. The Kier molecular flexibility index (Phi) is 5.89. The summed E-state index contributed by atoms with van der Waals surface area (Å²) >= 11 is 7.30. The molecule has 0 atom stereocenters. The van der Waals surface area contributed by atoms with Crippen molar-refractivity contribution >= 4 is 23.6 Å². The van der Waals surface area contributed by atoms with Crippen molar-refractivity contribution in [2.75, 3.05) is 0 Å². The predicted molar refractivity (Wildman–Crippen MR) is 108 cm³/mol. The van der Waals surface area contributed by atoms with Crippen LogP contribution in [-0.4, -0.2) is 7.38 Å². The van der Waals surface area contributed by atoms with Crippen LogP contribution in [0.4, 0.5) is 0 Å². The minimum atomic E-state index is -2.02. The fourth-order valence-corrected chi connectivity index (χ4v) is 7.06. The molecular formula is C22H23ClSi. The van der Waals surface area contributed by atoms with Crippen molar-refractivity contribution < 1.29 is 0 Å². The molecule has 0 nitrogen and oxygen atoms in total. The molecule has 0 heterocycles. The van der Waals surface area contributed by atoms with Gasteiger partial charge in [-0.15, -0.1) is 0 Å². The van der Waals surface area contributed by atoms with Crippen molar-refractivity contribution in [2.24, 2.45) is 0 Å². The average molecular weight is 351 g/mol. The van der Waals surface area contributed by atoms with Crippen LogP contribution < -0.4 is 5.19 Å². The lowest BCUT2D eigenvalue weighted by Crippen LogP contribution is -2.42. The fourth-order valence-electron chi connectivity index (χ4n) is 3.12. The van der Waals surface area contributed by atoms with Crippen molar-refractivity contribution in [2.45, 2.75) is 24.9 Å². The first-order valence-electron chi connectivity index (χ1n) is 8.59. The molecule has 0 fully saturated rings. The van der Waals surface area contributed by atoms with E-state index in [9.17, 15) is 0 Å². The van der Waals surface area contributed by atoms with Crippen molar-refractivity contribution in [1.82, 2.24) is 0 Å². The second-order valence-electron chi connectivity index (χ2n) is 6.30. The van der Waals surface area contributed by atoms with E-state index in [0.29, 0.717) is 0 Å². The second kappa shape index (κ2) is 8.32. The smallest absolute Gasteiger partial charge is 0.161 e. The van der Waals surface area contributed by atoms with Crippen molar-refractivity contribution in [3.05, 3.63) is 102 Å². The number of hydrogen-bond acceptors (Lipinski definition) is 0. The van der Waals surface area contributed by atoms with Gasteiger partial charge in [-0.05, 0) is 41.2 Å². The predicted octanol–water partition coefficient (Wildman–Crippen LogP) is 5.56. The molecule has 0 aliphatic carbocycles. The third-order valence-corrected chi connectivity index (χ3v) is 9.84. The van der Waals surface area contributed by atoms with Crippen LogP contribution in [-0.2, 0) is 12.8 Å². The molecule has 24 heavy (non-hydrogen) atoms. The van der Waals surface area contributed by atoms with Gasteiger partial charge in [0.25, 0.3) is 0 Å². The highest BCUT2D eigenvalue weighted by atomic mass is 35.6. The first-order valence-corrected chi connectivity index (χ1v) is 12.0. The van der Waals surface area contributed by atoms with Gasteiger partial charge in [0.1, 0.15) is 0 Å². The maximum Gasteiger partial charge on any atom is 0.187 e. The maximum absolute atomic E-state index is 7.30. The Morgan fingerprint density at radius 3 is 1.33 bits per heavy atom. The fraction of sp³-hybridized carbons (Fsp3) is 0.182. The van der Waals surface area contributed by atoms with Crippen LogP contribution in [0, 0.1) is 0 Å². The largest absolute Gasteiger partial charge is 0.187 e. The highest BCUT2D eigenvalue weighted by Gasteiger charge is 2.32. The van der Waals surface area contributed by atoms with Crippen LogP contribution in [0.3, 0.4) is 0 Å². The molecule has 0 unspecified atom stereocenters. The summed E-state index contributed by atoms with van der Waals surface area (Å²) in [7, 11) is -2.02. The van der Waals surface area contributed by atoms with Gasteiger partial charge in [-0.2, -0.15) is 11.1 Å². The van der Waals surface area contributed by atoms with Gasteiger partial charge < -0.3 is 0 Å². The summed E-state index contributed by atoms with van der Waals surface area (Å²) in [5, 5.41) is 1.36. The van der Waals surface area contributed by atoms with Gasteiger partial charge in [-0.25, -0.2) is 0 Å². The number of halogens is 1. The molecule has 0 amide bonds. The number of hydrogen-bond donors (Lipinski definition) is 0. The summed E-state index contributed by atoms with van der Waals surface area (Å²) in [4.78, 5) is 0. The lowest BCUT2D eigenvalue weighted by Gasteiger charge is -2.25. The van der Waals surface area contributed by atoms with Gasteiger partial charge >= 0.3 is 0 Å². The Bertz CT molecular complexity index is 682. The number of aryl methyl sites for hydroxylation is 2. The van der Waals surface area contributed by atoms with Gasteiger partial charge in [0.2, 0.25) is 0 Å². The molecule has 0 bridgehead atoms. The summed E-state index contributed by atoms with van der Waals surface area (Å²) in [5.74, 6) is 0. The topological polar surface area (TPSA) is 0 Å². The molecule has 0 aliphatic heterocycles. The van der Waals surface area contributed by atoms with Crippen molar-refractivity contribution in [3.63, 3.8) is 0 Å².